The highest BCUT2D eigenvalue weighted by atomic mass is 16.3. The number of nitrogens with one attached hydrogen (secondary N) is 1. The van der Waals surface area contributed by atoms with E-state index in [1.807, 2.05) is 6.92 Å². The summed E-state index contributed by atoms with van der Waals surface area (Å²) in [5.41, 5.74) is -0.917. The quantitative estimate of drug-likeness (QED) is 0.479. The summed E-state index contributed by atoms with van der Waals surface area (Å²) in [4.78, 5) is 34.8. The van der Waals surface area contributed by atoms with Gasteiger partial charge in [0.25, 0.3) is 0 Å². The van der Waals surface area contributed by atoms with Gasteiger partial charge in [-0.3, -0.25) is 19.7 Å². The third-order valence-corrected chi connectivity index (χ3v) is 3.76. The molecule has 1 rings (SSSR count). The van der Waals surface area contributed by atoms with Crippen molar-refractivity contribution in [3.8, 4) is 0 Å². The van der Waals surface area contributed by atoms with Gasteiger partial charge in [-0.05, 0) is 39.2 Å². The zero-order chi connectivity index (χ0) is 17.6. The predicted molar refractivity (Wildman–Crippen MR) is 85.3 cm³/mol. The van der Waals surface area contributed by atoms with Crippen molar-refractivity contribution in [2.24, 2.45) is 5.92 Å². The molecule has 1 saturated heterocycles. The van der Waals surface area contributed by atoms with E-state index in [1.54, 1.807) is 19.1 Å². The van der Waals surface area contributed by atoms with Crippen molar-refractivity contribution in [1.82, 2.24) is 5.32 Å². The number of carbonyl (C=O) groups excluding carboxylic acids is 3. The lowest BCUT2D eigenvalue weighted by Gasteiger charge is -2.25. The molecule has 1 fully saturated rings. The van der Waals surface area contributed by atoms with Gasteiger partial charge in [0.05, 0.1) is 6.10 Å². The summed E-state index contributed by atoms with van der Waals surface area (Å²) in [5.74, 6) is -1.49. The molecule has 128 valence electrons. The lowest BCUT2D eigenvalue weighted by atomic mass is 9.87. The molecule has 0 saturated carbocycles. The molecule has 0 aromatic rings. The molecular weight excluding hydrogens is 298 g/mol. The van der Waals surface area contributed by atoms with Crippen LogP contribution in [0.3, 0.4) is 0 Å². The SMILES string of the molecule is C/C=C/C(C)=C/[C@@](C)(O)C(=O)C[C@H](O)CC1CC(=O)NC(=O)C1. The molecule has 1 aliphatic rings. The molecule has 1 aliphatic heterocycles. The Labute approximate surface area is 136 Å². The number of amides is 2. The highest BCUT2D eigenvalue weighted by Crippen LogP contribution is 2.22. The number of hydrogen-bond acceptors (Lipinski definition) is 5. The van der Waals surface area contributed by atoms with Gasteiger partial charge in [0, 0.05) is 19.3 Å². The average molecular weight is 323 g/mol. The first-order chi connectivity index (χ1) is 10.6. The minimum atomic E-state index is -1.66. The second-order valence-electron chi connectivity index (χ2n) is 6.30. The zero-order valence-corrected chi connectivity index (χ0v) is 13.8. The van der Waals surface area contributed by atoms with Crippen LogP contribution in [0.4, 0.5) is 0 Å². The van der Waals surface area contributed by atoms with Crippen LogP contribution in [-0.4, -0.2) is 39.5 Å². The van der Waals surface area contributed by atoms with Gasteiger partial charge < -0.3 is 10.2 Å². The van der Waals surface area contributed by atoms with E-state index in [-0.39, 0.29) is 43.4 Å². The fourth-order valence-electron chi connectivity index (χ4n) is 2.74. The van der Waals surface area contributed by atoms with Crippen molar-refractivity contribution in [3.05, 3.63) is 23.8 Å². The van der Waals surface area contributed by atoms with E-state index in [1.165, 1.54) is 13.0 Å². The number of ketones is 1. The van der Waals surface area contributed by atoms with Gasteiger partial charge in [0.1, 0.15) is 5.60 Å². The summed E-state index contributed by atoms with van der Waals surface area (Å²) in [7, 11) is 0. The average Bonchev–Trinajstić information content (AvgIpc) is 2.36. The Morgan fingerprint density at radius 2 is 1.96 bits per heavy atom. The lowest BCUT2D eigenvalue weighted by Crippen LogP contribution is -2.40. The molecule has 0 aliphatic carbocycles. The largest absolute Gasteiger partial charge is 0.393 e. The van der Waals surface area contributed by atoms with Crippen LogP contribution in [0.25, 0.3) is 0 Å². The Bertz CT molecular complexity index is 517. The van der Waals surface area contributed by atoms with Gasteiger partial charge in [-0.15, -0.1) is 0 Å². The maximum atomic E-state index is 12.2. The molecule has 3 N–H and O–H groups in total. The highest BCUT2D eigenvalue weighted by Gasteiger charge is 2.32. The topological polar surface area (TPSA) is 104 Å². The second kappa shape index (κ2) is 8.17. The molecule has 23 heavy (non-hydrogen) atoms. The van der Waals surface area contributed by atoms with Crippen molar-refractivity contribution < 1.29 is 24.6 Å². The molecule has 0 bridgehead atoms. The van der Waals surface area contributed by atoms with Crippen LogP contribution in [0.5, 0.6) is 0 Å². The number of carbonyl (C=O) groups is 3. The van der Waals surface area contributed by atoms with Crippen molar-refractivity contribution in [1.29, 1.82) is 0 Å². The second-order valence-corrected chi connectivity index (χ2v) is 6.30. The Balaban J connectivity index is 2.60. The Morgan fingerprint density at radius 1 is 1.39 bits per heavy atom. The summed E-state index contributed by atoms with van der Waals surface area (Å²) >= 11 is 0. The number of aliphatic hydroxyl groups excluding tert-OH is 1. The third-order valence-electron chi connectivity index (χ3n) is 3.76. The fraction of sp³-hybridized carbons (Fsp3) is 0.588. The molecule has 0 aromatic heterocycles. The molecule has 0 unspecified atom stereocenters. The Kier molecular flexibility index (Phi) is 6.84. The first-order valence-electron chi connectivity index (χ1n) is 7.72. The number of allylic oxidation sites excluding steroid dienone is 3. The van der Waals surface area contributed by atoms with Crippen molar-refractivity contribution in [2.45, 2.75) is 58.2 Å². The van der Waals surface area contributed by atoms with E-state index >= 15 is 0 Å². The van der Waals surface area contributed by atoms with E-state index < -0.39 is 17.5 Å². The smallest absolute Gasteiger partial charge is 0.226 e. The minimum Gasteiger partial charge on any atom is -0.393 e. The first-order valence-corrected chi connectivity index (χ1v) is 7.72. The summed E-state index contributed by atoms with van der Waals surface area (Å²) in [6.45, 7) is 4.98. The molecular formula is C17H25NO5. The number of piperidine rings is 1. The van der Waals surface area contributed by atoms with Crippen LogP contribution in [0.15, 0.2) is 23.8 Å². The maximum Gasteiger partial charge on any atom is 0.226 e. The van der Waals surface area contributed by atoms with Crippen LogP contribution in [0.2, 0.25) is 0 Å². The molecule has 0 radical (unpaired) electrons. The van der Waals surface area contributed by atoms with Gasteiger partial charge in [-0.2, -0.15) is 0 Å². The normalized spacial score (nSPS) is 21.2. The van der Waals surface area contributed by atoms with Gasteiger partial charge >= 0.3 is 0 Å². The van der Waals surface area contributed by atoms with Crippen LogP contribution < -0.4 is 5.32 Å². The summed E-state index contributed by atoms with van der Waals surface area (Å²) in [5, 5.41) is 22.5. The number of rotatable bonds is 7. The molecule has 1 heterocycles. The van der Waals surface area contributed by atoms with Gasteiger partial charge in [0.2, 0.25) is 11.8 Å². The molecule has 0 spiro atoms. The van der Waals surface area contributed by atoms with Crippen LogP contribution in [-0.2, 0) is 14.4 Å². The van der Waals surface area contributed by atoms with E-state index in [0.29, 0.717) is 0 Å². The van der Waals surface area contributed by atoms with Crippen molar-refractivity contribution >= 4 is 17.6 Å². The van der Waals surface area contributed by atoms with Crippen LogP contribution in [0.1, 0.15) is 46.5 Å². The van der Waals surface area contributed by atoms with Gasteiger partial charge in [-0.25, -0.2) is 0 Å². The van der Waals surface area contributed by atoms with Crippen molar-refractivity contribution in [3.63, 3.8) is 0 Å². The van der Waals surface area contributed by atoms with Crippen LogP contribution >= 0.6 is 0 Å². The number of aliphatic hydroxyl groups is 2. The highest BCUT2D eigenvalue weighted by molar-refractivity contribution is 5.97. The lowest BCUT2D eigenvalue weighted by molar-refractivity contribution is -0.135. The molecule has 6 heteroatoms. The third kappa shape index (κ3) is 6.46. The van der Waals surface area contributed by atoms with Crippen LogP contribution in [0, 0.1) is 5.92 Å². The summed E-state index contributed by atoms with van der Waals surface area (Å²) in [6.07, 6.45) is 4.29. The maximum absolute atomic E-state index is 12.2. The number of hydrogen-bond donors (Lipinski definition) is 3. The summed E-state index contributed by atoms with van der Waals surface area (Å²) in [6, 6.07) is 0. The number of imide groups is 1. The van der Waals surface area contributed by atoms with Crippen molar-refractivity contribution in [2.75, 3.05) is 0 Å². The van der Waals surface area contributed by atoms with E-state index in [4.69, 9.17) is 0 Å². The van der Waals surface area contributed by atoms with E-state index in [0.717, 1.165) is 5.57 Å². The molecule has 0 aromatic carbocycles. The summed E-state index contributed by atoms with van der Waals surface area (Å²) < 4.78 is 0. The monoisotopic (exact) mass is 323 g/mol. The van der Waals surface area contributed by atoms with Gasteiger partial charge in [0.15, 0.2) is 5.78 Å². The fourth-order valence-corrected chi connectivity index (χ4v) is 2.74. The molecule has 2 atom stereocenters. The minimum absolute atomic E-state index is 0.160. The standard InChI is InChI=1S/C17H25NO5/c1-4-5-11(2)10-17(3,23)14(20)9-13(19)6-12-7-15(21)18-16(22)8-12/h4-5,10,12-13,19,23H,6-9H2,1-3H3,(H,18,21,22)/b5-4+,11-10+/t13-,17-/m1/s1. The Hall–Kier alpha value is -1.79. The Morgan fingerprint density at radius 3 is 2.48 bits per heavy atom. The first kappa shape index (κ1) is 19.3. The predicted octanol–water partition coefficient (Wildman–Crippen LogP) is 1.02. The van der Waals surface area contributed by atoms with Gasteiger partial charge in [-0.1, -0.05) is 17.7 Å². The number of Topliss-reactive ketones (excluding diaryl/α,β-unsaturated/α-hetero) is 1. The van der Waals surface area contributed by atoms with E-state index in [9.17, 15) is 24.6 Å². The zero-order valence-electron chi connectivity index (χ0n) is 13.8. The molecule has 6 nitrogen and oxygen atoms in total. The molecule has 2 amide bonds. The van der Waals surface area contributed by atoms with E-state index in [2.05, 4.69) is 5.32 Å².